The predicted molar refractivity (Wildman–Crippen MR) is 87.5 cm³/mol. The topological polar surface area (TPSA) is 59.6 Å². The number of rotatable bonds is 5. The molecule has 1 aliphatic carbocycles. The molecule has 1 rings (SSSR count). The van der Waals surface area contributed by atoms with Crippen LogP contribution in [0.5, 0.6) is 0 Å². The van der Waals surface area contributed by atoms with Crippen molar-refractivity contribution in [2.45, 2.75) is 39.5 Å². The summed E-state index contributed by atoms with van der Waals surface area (Å²) in [5.74, 6) is 1.26. The van der Waals surface area contributed by atoms with E-state index in [1.807, 2.05) is 0 Å². The quantitative estimate of drug-likeness (QED) is 0.339. The zero-order valence-corrected chi connectivity index (χ0v) is 14.2. The van der Waals surface area contributed by atoms with Crippen LogP contribution in [0.3, 0.4) is 0 Å². The average molecular weight is 369 g/mol. The van der Waals surface area contributed by atoms with Crippen LogP contribution in [0.2, 0.25) is 0 Å². The maximum absolute atomic E-state index is 5.77. The van der Waals surface area contributed by atoms with Gasteiger partial charge in [0.15, 0.2) is 5.96 Å². The van der Waals surface area contributed by atoms with Crippen molar-refractivity contribution in [1.29, 1.82) is 0 Å². The summed E-state index contributed by atoms with van der Waals surface area (Å²) in [7, 11) is 1.68. The van der Waals surface area contributed by atoms with Crippen LogP contribution in [0, 0.1) is 11.3 Å². The normalized spacial score (nSPS) is 20.3. The number of nitrogens with zero attached hydrogens (tertiary/aromatic N) is 1. The molecule has 0 amide bonds. The number of guanidine groups is 1. The summed E-state index contributed by atoms with van der Waals surface area (Å²) in [4.78, 5) is 4.40. The number of aliphatic imine (C=N–C) groups is 1. The maximum atomic E-state index is 5.77. The molecule has 5 heteroatoms. The van der Waals surface area contributed by atoms with Crippen LogP contribution < -0.4 is 11.1 Å². The van der Waals surface area contributed by atoms with Gasteiger partial charge in [-0.15, -0.1) is 24.0 Å². The Kier molecular flexibility index (Phi) is 8.94. The fourth-order valence-corrected chi connectivity index (χ4v) is 2.21. The molecule has 0 bridgehead atoms. The number of ether oxygens (including phenoxy) is 1. The monoisotopic (exact) mass is 369 g/mol. The molecule has 1 fully saturated rings. The third-order valence-electron chi connectivity index (χ3n) is 3.59. The van der Waals surface area contributed by atoms with Gasteiger partial charge in [-0.3, -0.25) is 4.99 Å². The van der Waals surface area contributed by atoms with Crippen LogP contribution >= 0.6 is 24.0 Å². The van der Waals surface area contributed by atoms with Crippen molar-refractivity contribution >= 4 is 29.9 Å². The van der Waals surface area contributed by atoms with E-state index >= 15 is 0 Å². The zero-order chi connectivity index (χ0) is 12.7. The van der Waals surface area contributed by atoms with Gasteiger partial charge in [-0.1, -0.05) is 13.8 Å². The number of nitrogens with two attached hydrogens (primary N) is 1. The average Bonchev–Trinajstić information content (AvgIpc) is 2.28. The van der Waals surface area contributed by atoms with E-state index < -0.39 is 0 Å². The Morgan fingerprint density at radius 2 is 2.00 bits per heavy atom. The van der Waals surface area contributed by atoms with E-state index in [9.17, 15) is 0 Å². The molecule has 0 atom stereocenters. The summed E-state index contributed by atoms with van der Waals surface area (Å²) in [5, 5.41) is 3.04. The molecule has 18 heavy (non-hydrogen) atoms. The highest BCUT2D eigenvalue weighted by Crippen LogP contribution is 2.37. The van der Waals surface area contributed by atoms with Crippen LogP contribution in [0.4, 0.5) is 0 Å². The molecule has 0 saturated heterocycles. The molecule has 4 nitrogen and oxygen atoms in total. The minimum Gasteiger partial charge on any atom is -0.383 e. The van der Waals surface area contributed by atoms with Crippen LogP contribution in [0.25, 0.3) is 0 Å². The van der Waals surface area contributed by atoms with Gasteiger partial charge in [0.25, 0.3) is 0 Å². The van der Waals surface area contributed by atoms with Crippen molar-refractivity contribution in [3.05, 3.63) is 0 Å². The lowest BCUT2D eigenvalue weighted by Crippen LogP contribution is -2.34. The highest BCUT2D eigenvalue weighted by atomic mass is 127. The first-order valence-corrected chi connectivity index (χ1v) is 6.56. The summed E-state index contributed by atoms with van der Waals surface area (Å²) in [6.07, 6.45) is 5.18. The number of methoxy groups -OCH3 is 1. The lowest BCUT2D eigenvalue weighted by atomic mass is 9.73. The molecule has 0 heterocycles. The van der Waals surface area contributed by atoms with Crippen molar-refractivity contribution in [1.82, 2.24) is 5.32 Å². The van der Waals surface area contributed by atoms with Gasteiger partial charge in [-0.05, 0) is 37.0 Å². The first-order valence-electron chi connectivity index (χ1n) is 6.56. The van der Waals surface area contributed by atoms with Crippen LogP contribution in [-0.2, 0) is 4.74 Å². The predicted octanol–water partition coefficient (Wildman–Crippen LogP) is 2.37. The highest BCUT2D eigenvalue weighted by Gasteiger charge is 2.26. The van der Waals surface area contributed by atoms with Crippen LogP contribution in [0.15, 0.2) is 4.99 Å². The number of hydrogen-bond donors (Lipinski definition) is 2. The molecule has 0 aromatic heterocycles. The van der Waals surface area contributed by atoms with E-state index in [-0.39, 0.29) is 24.0 Å². The van der Waals surface area contributed by atoms with Gasteiger partial charge < -0.3 is 15.8 Å². The Morgan fingerprint density at radius 1 is 1.39 bits per heavy atom. The number of halogens is 1. The largest absolute Gasteiger partial charge is 0.383 e. The van der Waals surface area contributed by atoms with Crippen molar-refractivity contribution in [3.8, 4) is 0 Å². The minimum absolute atomic E-state index is 0. The fourth-order valence-electron chi connectivity index (χ4n) is 2.21. The van der Waals surface area contributed by atoms with Crippen molar-refractivity contribution in [3.63, 3.8) is 0 Å². The smallest absolute Gasteiger partial charge is 0.188 e. The molecule has 1 aliphatic rings. The van der Waals surface area contributed by atoms with E-state index in [1.54, 1.807) is 7.11 Å². The van der Waals surface area contributed by atoms with Crippen molar-refractivity contribution in [2.24, 2.45) is 22.1 Å². The molecule has 108 valence electrons. The second-order valence-corrected chi connectivity index (χ2v) is 5.75. The summed E-state index contributed by atoms with van der Waals surface area (Å²) < 4.78 is 4.94. The van der Waals surface area contributed by atoms with Gasteiger partial charge in [0.2, 0.25) is 0 Å². The zero-order valence-electron chi connectivity index (χ0n) is 11.9. The third-order valence-corrected chi connectivity index (χ3v) is 3.59. The second kappa shape index (κ2) is 8.96. The van der Waals surface area contributed by atoms with Gasteiger partial charge in [-0.25, -0.2) is 0 Å². The van der Waals surface area contributed by atoms with Crippen molar-refractivity contribution < 1.29 is 4.74 Å². The molecule has 0 radical (unpaired) electrons. The van der Waals surface area contributed by atoms with E-state index in [4.69, 9.17) is 10.5 Å². The molecule has 1 saturated carbocycles. The van der Waals surface area contributed by atoms with Gasteiger partial charge in [0, 0.05) is 20.2 Å². The molecular weight excluding hydrogens is 341 g/mol. The summed E-state index contributed by atoms with van der Waals surface area (Å²) in [6, 6.07) is 0. The van der Waals surface area contributed by atoms with Crippen LogP contribution in [-0.4, -0.2) is 32.8 Å². The van der Waals surface area contributed by atoms with E-state index in [2.05, 4.69) is 24.2 Å². The molecule has 0 aromatic carbocycles. The molecule has 3 N–H and O–H groups in total. The van der Waals surface area contributed by atoms with Crippen molar-refractivity contribution in [2.75, 3.05) is 26.8 Å². The molecule has 0 aliphatic heterocycles. The molecule has 0 unspecified atom stereocenters. The van der Waals surface area contributed by atoms with Gasteiger partial charge in [-0.2, -0.15) is 0 Å². The maximum Gasteiger partial charge on any atom is 0.188 e. The Labute approximate surface area is 128 Å². The molecule has 0 aromatic rings. The lowest BCUT2D eigenvalue weighted by Gasteiger charge is -2.33. The first kappa shape index (κ1) is 18.0. The SMILES string of the molecule is COCCNC(N)=NCC1CCC(C)(C)CC1.I. The Morgan fingerprint density at radius 3 is 2.56 bits per heavy atom. The first-order chi connectivity index (χ1) is 8.03. The fraction of sp³-hybridized carbons (Fsp3) is 0.923. The van der Waals surface area contributed by atoms with E-state index in [0.717, 1.165) is 13.1 Å². The van der Waals surface area contributed by atoms with E-state index in [0.29, 0.717) is 23.9 Å². The van der Waals surface area contributed by atoms with Crippen LogP contribution in [0.1, 0.15) is 39.5 Å². The minimum atomic E-state index is 0. The third kappa shape index (κ3) is 7.41. The standard InChI is InChI=1S/C13H27N3O.HI/c1-13(2)6-4-11(5-7-13)10-16-12(14)15-8-9-17-3;/h11H,4-10H2,1-3H3,(H3,14,15,16);1H. The van der Waals surface area contributed by atoms with Gasteiger partial charge >= 0.3 is 0 Å². The Hall–Kier alpha value is -0.0400. The Balaban J connectivity index is 0.00000289. The Bertz CT molecular complexity index is 247. The number of nitrogens with one attached hydrogen (secondary N) is 1. The summed E-state index contributed by atoms with van der Waals surface area (Å²) in [5.41, 5.74) is 6.30. The van der Waals surface area contributed by atoms with E-state index in [1.165, 1.54) is 25.7 Å². The lowest BCUT2D eigenvalue weighted by molar-refractivity contribution is 0.195. The summed E-state index contributed by atoms with van der Waals surface area (Å²) in [6.45, 7) is 6.96. The number of hydrogen-bond acceptors (Lipinski definition) is 2. The van der Waals surface area contributed by atoms with Gasteiger partial charge in [0.1, 0.15) is 0 Å². The molecular formula is C13H28IN3O. The second-order valence-electron chi connectivity index (χ2n) is 5.75. The van der Waals surface area contributed by atoms with Gasteiger partial charge in [0.05, 0.1) is 6.61 Å². The summed E-state index contributed by atoms with van der Waals surface area (Å²) >= 11 is 0. The highest BCUT2D eigenvalue weighted by molar-refractivity contribution is 14.0. The molecule has 0 spiro atoms.